The van der Waals surface area contributed by atoms with E-state index in [1.54, 1.807) is 42.3 Å². The van der Waals surface area contributed by atoms with E-state index < -0.39 is 17.0 Å². The van der Waals surface area contributed by atoms with Crippen molar-refractivity contribution in [3.8, 4) is 0 Å². The van der Waals surface area contributed by atoms with Gasteiger partial charge in [0, 0.05) is 31.8 Å². The molecule has 0 unspecified atom stereocenters. The lowest BCUT2D eigenvalue weighted by molar-refractivity contribution is -0.384. The fourth-order valence-corrected chi connectivity index (χ4v) is 2.79. The molecule has 0 aliphatic heterocycles. The number of nitrogens with one attached hydrogen (secondary N) is 1. The number of likely N-dealkylation sites (N-methyl/N-ethyl adjacent to an activating group) is 1. The predicted octanol–water partition coefficient (Wildman–Crippen LogP) is 3.40. The highest BCUT2D eigenvalue weighted by Crippen LogP contribution is 2.27. The highest BCUT2D eigenvalue weighted by atomic mass is 16.6. The third-order valence-electron chi connectivity index (χ3n) is 4.33. The van der Waals surface area contributed by atoms with Gasteiger partial charge in [-0.3, -0.25) is 14.9 Å². The van der Waals surface area contributed by atoms with Gasteiger partial charge in [0.25, 0.3) is 11.6 Å². The molecular weight excluding hydrogens is 362 g/mol. The Labute approximate surface area is 163 Å². The molecule has 0 spiro atoms. The summed E-state index contributed by atoms with van der Waals surface area (Å²) in [5, 5.41) is 13.9. The number of amides is 1. The molecule has 2 aromatic carbocycles. The zero-order valence-corrected chi connectivity index (χ0v) is 16.0. The maximum absolute atomic E-state index is 12.9. The molecule has 0 radical (unpaired) electrons. The molecule has 0 aliphatic rings. The van der Waals surface area contributed by atoms with Gasteiger partial charge in [-0.05, 0) is 26.0 Å². The van der Waals surface area contributed by atoms with Gasteiger partial charge < -0.3 is 15.0 Å². The van der Waals surface area contributed by atoms with Gasteiger partial charge in [0.2, 0.25) is 6.10 Å². The topological polar surface area (TPSA) is 102 Å². The number of ether oxygens (including phenoxy) is 1. The summed E-state index contributed by atoms with van der Waals surface area (Å²) in [6, 6.07) is 12.7. The van der Waals surface area contributed by atoms with Crippen LogP contribution in [0.2, 0.25) is 0 Å². The molecule has 28 heavy (non-hydrogen) atoms. The number of carbonyl (C=O) groups is 2. The zero-order chi connectivity index (χ0) is 20.7. The lowest BCUT2D eigenvalue weighted by atomic mass is 10.1. The standard InChI is InChI=1S/C20H23N3O5/c1-4-22(5-2)19(24)18(14-9-7-6-8-10-14)28-20(25)15-11-12-16(21-3)17(13-15)23(26)27/h6-13,18,21H,4-5H2,1-3H3/t18-/m0/s1. The number of rotatable bonds is 8. The van der Waals surface area contributed by atoms with Gasteiger partial charge in [-0.1, -0.05) is 30.3 Å². The van der Waals surface area contributed by atoms with Crippen LogP contribution in [0.3, 0.4) is 0 Å². The summed E-state index contributed by atoms with van der Waals surface area (Å²) in [5.41, 5.74) is 0.566. The molecule has 1 N–H and O–H groups in total. The number of nitrogens with zero attached hydrogens (tertiary/aromatic N) is 2. The normalized spacial score (nSPS) is 11.4. The Balaban J connectivity index is 2.36. The van der Waals surface area contributed by atoms with Gasteiger partial charge in [-0.2, -0.15) is 0 Å². The smallest absolute Gasteiger partial charge is 0.339 e. The van der Waals surface area contributed by atoms with Crippen molar-refractivity contribution in [3.63, 3.8) is 0 Å². The Morgan fingerprint density at radius 2 is 1.79 bits per heavy atom. The van der Waals surface area contributed by atoms with Gasteiger partial charge >= 0.3 is 5.97 Å². The van der Waals surface area contributed by atoms with Crippen molar-refractivity contribution >= 4 is 23.3 Å². The van der Waals surface area contributed by atoms with Crippen LogP contribution >= 0.6 is 0 Å². The molecule has 2 aromatic rings. The van der Waals surface area contributed by atoms with E-state index in [9.17, 15) is 19.7 Å². The zero-order valence-electron chi connectivity index (χ0n) is 16.0. The van der Waals surface area contributed by atoms with Crippen molar-refractivity contribution < 1.29 is 19.2 Å². The summed E-state index contributed by atoms with van der Waals surface area (Å²) in [4.78, 5) is 37.8. The molecule has 1 amide bonds. The number of nitro benzene ring substituents is 1. The molecule has 0 saturated heterocycles. The highest BCUT2D eigenvalue weighted by molar-refractivity contribution is 5.94. The first-order valence-corrected chi connectivity index (χ1v) is 8.93. The second kappa shape index (κ2) is 9.50. The van der Waals surface area contributed by atoms with Crippen LogP contribution in [0, 0.1) is 10.1 Å². The number of anilines is 1. The Morgan fingerprint density at radius 3 is 2.32 bits per heavy atom. The molecule has 0 saturated carbocycles. The van der Waals surface area contributed by atoms with E-state index in [-0.39, 0.29) is 22.8 Å². The minimum Gasteiger partial charge on any atom is -0.444 e. The van der Waals surface area contributed by atoms with Crippen molar-refractivity contribution in [2.45, 2.75) is 20.0 Å². The van der Waals surface area contributed by atoms with Crippen molar-refractivity contribution in [1.29, 1.82) is 0 Å². The lowest BCUT2D eigenvalue weighted by Crippen LogP contribution is -2.36. The predicted molar refractivity (Wildman–Crippen MR) is 105 cm³/mol. The van der Waals surface area contributed by atoms with Crippen molar-refractivity contribution in [2.24, 2.45) is 0 Å². The van der Waals surface area contributed by atoms with Crippen molar-refractivity contribution in [1.82, 2.24) is 4.90 Å². The second-order valence-electron chi connectivity index (χ2n) is 5.95. The van der Waals surface area contributed by atoms with E-state index in [4.69, 9.17) is 4.74 Å². The largest absolute Gasteiger partial charge is 0.444 e. The van der Waals surface area contributed by atoms with E-state index in [1.807, 2.05) is 13.8 Å². The van der Waals surface area contributed by atoms with E-state index in [2.05, 4.69) is 5.32 Å². The summed E-state index contributed by atoms with van der Waals surface area (Å²) in [7, 11) is 1.55. The SMILES string of the molecule is CCN(CC)C(=O)[C@@H](OC(=O)c1ccc(NC)c([N+](=O)[O-])c1)c1ccccc1. The van der Waals surface area contributed by atoms with E-state index in [0.717, 1.165) is 6.07 Å². The van der Waals surface area contributed by atoms with Crippen LogP contribution < -0.4 is 5.32 Å². The molecular formula is C20H23N3O5. The number of hydrogen-bond acceptors (Lipinski definition) is 6. The average molecular weight is 385 g/mol. The molecule has 0 bridgehead atoms. The maximum Gasteiger partial charge on any atom is 0.339 e. The number of carbonyl (C=O) groups excluding carboxylic acids is 2. The number of benzene rings is 2. The van der Waals surface area contributed by atoms with Crippen molar-refractivity contribution in [2.75, 3.05) is 25.5 Å². The number of hydrogen-bond donors (Lipinski definition) is 1. The fraction of sp³-hybridized carbons (Fsp3) is 0.300. The summed E-state index contributed by atoms with van der Waals surface area (Å²) in [6.45, 7) is 4.62. The van der Waals surface area contributed by atoms with Crippen LogP contribution in [0.15, 0.2) is 48.5 Å². The van der Waals surface area contributed by atoms with E-state index in [1.165, 1.54) is 12.1 Å². The van der Waals surface area contributed by atoms with Crippen molar-refractivity contribution in [3.05, 3.63) is 69.8 Å². The first-order chi connectivity index (χ1) is 13.4. The van der Waals surface area contributed by atoms with Gasteiger partial charge in [0.15, 0.2) is 0 Å². The Morgan fingerprint density at radius 1 is 1.14 bits per heavy atom. The van der Waals surface area contributed by atoms with Gasteiger partial charge in [0.05, 0.1) is 10.5 Å². The highest BCUT2D eigenvalue weighted by Gasteiger charge is 2.29. The van der Waals surface area contributed by atoms with E-state index >= 15 is 0 Å². The first-order valence-electron chi connectivity index (χ1n) is 8.93. The van der Waals surface area contributed by atoms with Crippen LogP contribution in [0.1, 0.15) is 35.9 Å². The monoisotopic (exact) mass is 385 g/mol. The van der Waals surface area contributed by atoms with Crippen LogP contribution in [-0.2, 0) is 9.53 Å². The van der Waals surface area contributed by atoms with Gasteiger partial charge in [-0.15, -0.1) is 0 Å². The summed E-state index contributed by atoms with van der Waals surface area (Å²) < 4.78 is 5.50. The minimum atomic E-state index is -1.13. The first kappa shape index (κ1) is 20.9. The minimum absolute atomic E-state index is 0.000946. The molecule has 0 aliphatic carbocycles. The second-order valence-corrected chi connectivity index (χ2v) is 5.95. The maximum atomic E-state index is 12.9. The molecule has 148 valence electrons. The van der Waals surface area contributed by atoms with Gasteiger partial charge in [-0.25, -0.2) is 4.79 Å². The summed E-state index contributed by atoms with van der Waals surface area (Å²) in [5.74, 6) is -1.15. The molecule has 0 heterocycles. The Kier molecular flexibility index (Phi) is 7.08. The Bertz CT molecular complexity index is 850. The summed E-state index contributed by atoms with van der Waals surface area (Å²) >= 11 is 0. The Hall–Kier alpha value is -3.42. The van der Waals surface area contributed by atoms with Crippen LogP contribution in [-0.4, -0.2) is 41.8 Å². The van der Waals surface area contributed by atoms with Gasteiger partial charge in [0.1, 0.15) is 5.69 Å². The fourth-order valence-electron chi connectivity index (χ4n) is 2.79. The van der Waals surface area contributed by atoms with E-state index in [0.29, 0.717) is 18.7 Å². The average Bonchev–Trinajstić information content (AvgIpc) is 2.72. The molecule has 1 atom stereocenters. The number of esters is 1. The number of nitro groups is 1. The molecule has 8 heteroatoms. The third-order valence-corrected chi connectivity index (χ3v) is 4.33. The summed E-state index contributed by atoms with van der Waals surface area (Å²) in [6.07, 6.45) is -1.13. The quantitative estimate of drug-likeness (QED) is 0.424. The molecule has 8 nitrogen and oxygen atoms in total. The lowest BCUT2D eigenvalue weighted by Gasteiger charge is -2.25. The molecule has 0 fully saturated rings. The van der Waals surface area contributed by atoms with Crippen LogP contribution in [0.4, 0.5) is 11.4 Å². The van der Waals surface area contributed by atoms with Crippen LogP contribution in [0.25, 0.3) is 0 Å². The molecule has 2 rings (SSSR count). The third kappa shape index (κ3) is 4.64. The molecule has 0 aromatic heterocycles. The van der Waals surface area contributed by atoms with Crippen LogP contribution in [0.5, 0.6) is 0 Å².